The molecule has 0 bridgehead atoms. The quantitative estimate of drug-likeness (QED) is 0.837. The van der Waals surface area contributed by atoms with Crippen LogP contribution in [0.25, 0.3) is 10.9 Å². The molecule has 0 saturated heterocycles. The molecule has 2 rings (SSSR count). The highest BCUT2D eigenvalue weighted by molar-refractivity contribution is 5.85. The molecular formula is C14H20N2. The first kappa shape index (κ1) is 11.2. The third-order valence-corrected chi connectivity index (χ3v) is 3.31. The highest BCUT2D eigenvalue weighted by atomic mass is 15.0. The van der Waals surface area contributed by atoms with Crippen molar-refractivity contribution in [1.29, 1.82) is 0 Å². The van der Waals surface area contributed by atoms with Gasteiger partial charge in [0.25, 0.3) is 0 Å². The molecule has 0 saturated carbocycles. The van der Waals surface area contributed by atoms with Gasteiger partial charge in [0.15, 0.2) is 0 Å². The highest BCUT2D eigenvalue weighted by Crippen LogP contribution is 2.26. The lowest BCUT2D eigenvalue weighted by atomic mass is 10.1. The molecule has 1 heterocycles. The average molecular weight is 216 g/mol. The third kappa shape index (κ3) is 1.74. The standard InChI is InChI=1S/C14H20N2/c1-3-16-11(2)12(8-6-10-15)13-7-4-5-9-14(13)16/h4-5,7,9H,3,6,8,10,15H2,1-2H3. The maximum Gasteiger partial charge on any atom is 0.0485 e. The van der Waals surface area contributed by atoms with Crippen molar-refractivity contribution in [3.8, 4) is 0 Å². The summed E-state index contributed by atoms with van der Waals surface area (Å²) in [7, 11) is 0. The Labute approximate surface area is 97.1 Å². The van der Waals surface area contributed by atoms with Crippen LogP contribution in [-0.4, -0.2) is 11.1 Å². The number of fused-ring (bicyclic) bond motifs is 1. The second-order valence-corrected chi connectivity index (χ2v) is 4.22. The minimum Gasteiger partial charge on any atom is -0.345 e. The van der Waals surface area contributed by atoms with Gasteiger partial charge in [0, 0.05) is 23.1 Å². The van der Waals surface area contributed by atoms with Gasteiger partial charge in [-0.15, -0.1) is 0 Å². The largest absolute Gasteiger partial charge is 0.345 e. The molecule has 2 nitrogen and oxygen atoms in total. The van der Waals surface area contributed by atoms with E-state index in [0.717, 1.165) is 25.9 Å². The summed E-state index contributed by atoms with van der Waals surface area (Å²) in [6.07, 6.45) is 2.16. The molecule has 2 heteroatoms. The fourth-order valence-corrected chi connectivity index (χ4v) is 2.50. The van der Waals surface area contributed by atoms with Crippen LogP contribution >= 0.6 is 0 Å². The molecule has 0 aliphatic heterocycles. The van der Waals surface area contributed by atoms with Crippen LogP contribution in [0.1, 0.15) is 24.6 Å². The van der Waals surface area contributed by atoms with Gasteiger partial charge in [-0.05, 0) is 44.9 Å². The summed E-state index contributed by atoms with van der Waals surface area (Å²) in [6.45, 7) is 6.22. The molecule has 1 aromatic carbocycles. The summed E-state index contributed by atoms with van der Waals surface area (Å²) in [5.41, 5.74) is 9.83. The topological polar surface area (TPSA) is 30.9 Å². The van der Waals surface area contributed by atoms with Crippen LogP contribution < -0.4 is 5.73 Å². The van der Waals surface area contributed by atoms with Gasteiger partial charge in [0.05, 0.1) is 0 Å². The van der Waals surface area contributed by atoms with E-state index in [9.17, 15) is 0 Å². The van der Waals surface area contributed by atoms with Gasteiger partial charge in [-0.3, -0.25) is 0 Å². The summed E-state index contributed by atoms with van der Waals surface area (Å²) in [4.78, 5) is 0. The molecule has 0 fully saturated rings. The molecule has 0 unspecified atom stereocenters. The molecule has 2 aromatic rings. The predicted octanol–water partition coefficient (Wildman–Crippen LogP) is 2.86. The molecule has 86 valence electrons. The molecule has 2 N–H and O–H groups in total. The van der Waals surface area contributed by atoms with Gasteiger partial charge >= 0.3 is 0 Å². The van der Waals surface area contributed by atoms with E-state index in [4.69, 9.17) is 5.73 Å². The lowest BCUT2D eigenvalue weighted by Gasteiger charge is -2.04. The van der Waals surface area contributed by atoms with Gasteiger partial charge in [0.2, 0.25) is 0 Å². The first-order chi connectivity index (χ1) is 7.79. The molecular weight excluding hydrogens is 196 g/mol. The fraction of sp³-hybridized carbons (Fsp3) is 0.429. The molecule has 0 atom stereocenters. The number of hydrogen-bond donors (Lipinski definition) is 1. The lowest BCUT2D eigenvalue weighted by Crippen LogP contribution is -2.02. The zero-order valence-electron chi connectivity index (χ0n) is 10.2. The number of hydrogen-bond acceptors (Lipinski definition) is 1. The Kier molecular flexibility index (Phi) is 3.30. The van der Waals surface area contributed by atoms with Crippen molar-refractivity contribution < 1.29 is 0 Å². The molecule has 1 aromatic heterocycles. The van der Waals surface area contributed by atoms with Crippen LogP contribution in [0.5, 0.6) is 0 Å². The summed E-state index contributed by atoms with van der Waals surface area (Å²) in [5.74, 6) is 0. The van der Waals surface area contributed by atoms with Crippen LogP contribution in [0.2, 0.25) is 0 Å². The Hall–Kier alpha value is -1.28. The second kappa shape index (κ2) is 4.71. The van der Waals surface area contributed by atoms with E-state index < -0.39 is 0 Å². The summed E-state index contributed by atoms with van der Waals surface area (Å²) < 4.78 is 2.39. The first-order valence-electron chi connectivity index (χ1n) is 6.06. The molecule has 0 aliphatic carbocycles. The lowest BCUT2D eigenvalue weighted by molar-refractivity contribution is 0.752. The third-order valence-electron chi connectivity index (χ3n) is 3.31. The summed E-state index contributed by atoms with van der Waals surface area (Å²) in [6, 6.07) is 8.66. The molecule has 0 spiro atoms. The number of aromatic nitrogens is 1. The minimum absolute atomic E-state index is 0.769. The second-order valence-electron chi connectivity index (χ2n) is 4.22. The van der Waals surface area contributed by atoms with E-state index in [1.807, 2.05) is 0 Å². The fourth-order valence-electron chi connectivity index (χ4n) is 2.50. The van der Waals surface area contributed by atoms with E-state index in [1.165, 1.54) is 22.2 Å². The maximum atomic E-state index is 5.60. The predicted molar refractivity (Wildman–Crippen MR) is 69.7 cm³/mol. The summed E-state index contributed by atoms with van der Waals surface area (Å²) >= 11 is 0. The number of nitrogens with two attached hydrogens (primary N) is 1. The minimum atomic E-state index is 0.769. The summed E-state index contributed by atoms with van der Waals surface area (Å²) in [5, 5.41) is 1.40. The number of benzene rings is 1. The van der Waals surface area contributed by atoms with E-state index in [0.29, 0.717) is 0 Å². The van der Waals surface area contributed by atoms with Gasteiger partial charge in [-0.1, -0.05) is 18.2 Å². The molecule has 0 amide bonds. The van der Waals surface area contributed by atoms with E-state index in [1.54, 1.807) is 0 Å². The average Bonchev–Trinajstić information content (AvgIpc) is 2.58. The van der Waals surface area contributed by atoms with Gasteiger partial charge in [-0.25, -0.2) is 0 Å². The maximum absolute atomic E-state index is 5.60. The monoisotopic (exact) mass is 216 g/mol. The normalized spacial score (nSPS) is 11.2. The molecule has 0 aliphatic rings. The number of rotatable bonds is 4. The van der Waals surface area contributed by atoms with E-state index >= 15 is 0 Å². The van der Waals surface area contributed by atoms with Crippen LogP contribution in [0.4, 0.5) is 0 Å². The highest BCUT2D eigenvalue weighted by Gasteiger charge is 2.11. The van der Waals surface area contributed by atoms with Crippen molar-refractivity contribution >= 4 is 10.9 Å². The van der Waals surface area contributed by atoms with Gasteiger partial charge in [-0.2, -0.15) is 0 Å². The van der Waals surface area contributed by atoms with Gasteiger partial charge < -0.3 is 10.3 Å². The van der Waals surface area contributed by atoms with E-state index in [2.05, 4.69) is 42.7 Å². The molecule has 0 radical (unpaired) electrons. The van der Waals surface area contributed by atoms with Crippen molar-refractivity contribution in [3.05, 3.63) is 35.5 Å². The smallest absolute Gasteiger partial charge is 0.0485 e. The Bertz CT molecular complexity index is 483. The Morgan fingerprint density at radius 2 is 2.00 bits per heavy atom. The van der Waals surface area contributed by atoms with Crippen molar-refractivity contribution in [1.82, 2.24) is 4.57 Å². The van der Waals surface area contributed by atoms with Gasteiger partial charge in [0.1, 0.15) is 0 Å². The Balaban J connectivity index is 2.58. The molecule has 16 heavy (non-hydrogen) atoms. The number of para-hydroxylation sites is 1. The van der Waals surface area contributed by atoms with Crippen molar-refractivity contribution in [2.75, 3.05) is 6.54 Å². The Morgan fingerprint density at radius 1 is 1.25 bits per heavy atom. The number of aryl methyl sites for hydroxylation is 2. The number of nitrogens with zero attached hydrogens (tertiary/aromatic N) is 1. The zero-order chi connectivity index (χ0) is 11.5. The van der Waals surface area contributed by atoms with Crippen LogP contribution in [0.15, 0.2) is 24.3 Å². The Morgan fingerprint density at radius 3 is 2.69 bits per heavy atom. The van der Waals surface area contributed by atoms with Crippen molar-refractivity contribution in [3.63, 3.8) is 0 Å². The van der Waals surface area contributed by atoms with Crippen LogP contribution in [0.3, 0.4) is 0 Å². The van der Waals surface area contributed by atoms with Crippen LogP contribution in [0, 0.1) is 6.92 Å². The van der Waals surface area contributed by atoms with E-state index in [-0.39, 0.29) is 0 Å². The van der Waals surface area contributed by atoms with Crippen molar-refractivity contribution in [2.24, 2.45) is 5.73 Å². The SMILES string of the molecule is CCn1c(C)c(CCCN)c2ccccc21. The zero-order valence-corrected chi connectivity index (χ0v) is 10.2. The van der Waals surface area contributed by atoms with Crippen molar-refractivity contribution in [2.45, 2.75) is 33.2 Å². The first-order valence-corrected chi connectivity index (χ1v) is 6.06. The van der Waals surface area contributed by atoms with Crippen LogP contribution in [-0.2, 0) is 13.0 Å².